The van der Waals surface area contributed by atoms with E-state index in [0.29, 0.717) is 25.7 Å². The van der Waals surface area contributed by atoms with Crippen molar-refractivity contribution in [1.29, 1.82) is 0 Å². The first-order valence-corrected chi connectivity index (χ1v) is 40.7. The van der Waals surface area contributed by atoms with Crippen LogP contribution in [0.15, 0.2) is 0 Å². The minimum Gasteiger partial charge on any atom is -0.462 e. The van der Waals surface area contributed by atoms with Crippen LogP contribution < -0.4 is 0 Å². The lowest BCUT2D eigenvalue weighted by atomic mass is 10.00. The van der Waals surface area contributed by atoms with Gasteiger partial charge in [0.15, 0.2) is 12.2 Å². The van der Waals surface area contributed by atoms with Gasteiger partial charge in [0.25, 0.3) is 0 Å². The first-order chi connectivity index (χ1) is 44.1. The number of unbranched alkanes of at least 4 members (excludes halogenated alkanes) is 35. The number of esters is 4. The molecular formula is C73H142O17P2. The van der Waals surface area contributed by atoms with Gasteiger partial charge in [0.05, 0.1) is 26.4 Å². The summed E-state index contributed by atoms with van der Waals surface area (Å²) in [5.74, 6) is 0.883. The molecule has 3 N–H and O–H groups in total. The largest absolute Gasteiger partial charge is 0.472 e. The maximum absolute atomic E-state index is 13.1. The van der Waals surface area contributed by atoms with E-state index in [0.717, 1.165) is 120 Å². The Hall–Kier alpha value is -1.94. The Morgan fingerprint density at radius 3 is 0.772 bits per heavy atom. The fourth-order valence-electron chi connectivity index (χ4n) is 11.0. The van der Waals surface area contributed by atoms with Crippen molar-refractivity contribution in [3.05, 3.63) is 0 Å². The van der Waals surface area contributed by atoms with Crippen LogP contribution in [0, 0.1) is 23.7 Å². The van der Waals surface area contributed by atoms with Gasteiger partial charge >= 0.3 is 39.5 Å². The molecule has 0 aliphatic rings. The molecule has 0 aromatic rings. The first kappa shape index (κ1) is 90.1. The van der Waals surface area contributed by atoms with E-state index < -0.39 is 97.5 Å². The molecule has 6 atom stereocenters. The smallest absolute Gasteiger partial charge is 0.462 e. The predicted octanol–water partition coefficient (Wildman–Crippen LogP) is 20.9. The van der Waals surface area contributed by atoms with E-state index in [1.54, 1.807) is 0 Å². The molecule has 0 fully saturated rings. The Balaban J connectivity index is 5.24. The summed E-state index contributed by atoms with van der Waals surface area (Å²) in [4.78, 5) is 72.6. The van der Waals surface area contributed by atoms with E-state index in [1.165, 1.54) is 161 Å². The van der Waals surface area contributed by atoms with Crippen LogP contribution in [0.2, 0.25) is 0 Å². The number of hydrogen-bond donors (Lipinski definition) is 3. The van der Waals surface area contributed by atoms with Crippen LogP contribution in [-0.4, -0.2) is 96.7 Å². The molecule has 0 saturated carbocycles. The van der Waals surface area contributed by atoms with Crippen molar-refractivity contribution in [2.24, 2.45) is 23.7 Å². The Kier molecular flexibility index (Phi) is 61.3. The summed E-state index contributed by atoms with van der Waals surface area (Å²) in [5, 5.41) is 10.6. The van der Waals surface area contributed by atoms with Crippen LogP contribution in [0.4, 0.5) is 0 Å². The van der Waals surface area contributed by atoms with Gasteiger partial charge < -0.3 is 33.8 Å². The molecule has 0 aliphatic heterocycles. The molecule has 0 bridgehead atoms. The van der Waals surface area contributed by atoms with Gasteiger partial charge in [-0.1, -0.05) is 312 Å². The molecule has 0 aromatic carbocycles. The molecule has 0 aromatic heterocycles. The SMILES string of the molecule is CCC(C)CCCCCCCCC(=O)OC[C@H](COP(=O)(O)OC[C@H](O)COP(=O)(O)OC[C@@H](COC(=O)CCCCCCCCCCCCC(C)C)OC(=O)CCCCCCCCCCCCCCCCCC(C)C)OC(=O)CCCCCCCCCCC(C)C. The Morgan fingerprint density at radius 2 is 0.522 bits per heavy atom. The van der Waals surface area contributed by atoms with Gasteiger partial charge in [0.1, 0.15) is 19.3 Å². The molecule has 17 nitrogen and oxygen atoms in total. The van der Waals surface area contributed by atoms with Crippen molar-refractivity contribution in [2.75, 3.05) is 39.6 Å². The average Bonchev–Trinajstić information content (AvgIpc) is 3.69. The molecule has 0 amide bonds. The van der Waals surface area contributed by atoms with Crippen molar-refractivity contribution < 1.29 is 80.2 Å². The first-order valence-electron chi connectivity index (χ1n) is 37.7. The van der Waals surface area contributed by atoms with E-state index in [1.807, 2.05) is 0 Å². The summed E-state index contributed by atoms with van der Waals surface area (Å²) in [6.45, 7) is 14.1. The second-order valence-corrected chi connectivity index (χ2v) is 30.9. The van der Waals surface area contributed by atoms with Crippen LogP contribution in [-0.2, 0) is 65.4 Å². The fraction of sp³-hybridized carbons (Fsp3) is 0.945. The van der Waals surface area contributed by atoms with Crippen molar-refractivity contribution in [3.8, 4) is 0 Å². The molecule has 0 aliphatic carbocycles. The van der Waals surface area contributed by atoms with Crippen molar-refractivity contribution in [3.63, 3.8) is 0 Å². The van der Waals surface area contributed by atoms with Gasteiger partial charge in [0.2, 0.25) is 0 Å². The minimum atomic E-state index is -4.96. The third-order valence-corrected chi connectivity index (χ3v) is 19.1. The number of carbonyl (C=O) groups is 4. The fourth-order valence-corrected chi connectivity index (χ4v) is 12.6. The van der Waals surface area contributed by atoms with Crippen molar-refractivity contribution in [1.82, 2.24) is 0 Å². The average molecular weight is 1350 g/mol. The third kappa shape index (κ3) is 65.4. The zero-order valence-electron chi connectivity index (χ0n) is 60.2. The summed E-state index contributed by atoms with van der Waals surface area (Å²) in [7, 11) is -9.91. The highest BCUT2D eigenvalue weighted by Crippen LogP contribution is 2.45. The highest BCUT2D eigenvalue weighted by Gasteiger charge is 2.30. The van der Waals surface area contributed by atoms with Crippen LogP contribution in [0.3, 0.4) is 0 Å². The molecule has 0 rings (SSSR count). The minimum absolute atomic E-state index is 0.103. The maximum Gasteiger partial charge on any atom is 0.472 e. The standard InChI is InChI=1S/C73H142O17P2/c1-9-66(8)52-44-36-31-32-38-46-54-71(76)84-60-69(90-73(78)56-48-40-30-24-23-27-35-43-51-65(6)7)62-88-92(81,82)86-58-67(74)57-85-91(79,80)87-61-68(59-83-70(75)53-45-37-28-21-18-17-20-26-34-42-50-64(4)5)89-72(77)55-47-39-29-22-16-14-12-10-11-13-15-19-25-33-41-49-63(2)3/h63-69,74H,9-62H2,1-8H3,(H,79,80)(H,81,82)/t66?,67-,68-,69-/m1/s1. The van der Waals surface area contributed by atoms with E-state index in [4.69, 9.17) is 37.0 Å². The monoisotopic (exact) mass is 1350 g/mol. The lowest BCUT2D eigenvalue weighted by Gasteiger charge is -2.21. The summed E-state index contributed by atoms with van der Waals surface area (Å²) in [6, 6.07) is 0. The number of phosphoric acid groups is 2. The van der Waals surface area contributed by atoms with Crippen molar-refractivity contribution >= 4 is 39.5 Å². The zero-order chi connectivity index (χ0) is 68.2. The topological polar surface area (TPSA) is 237 Å². The van der Waals surface area contributed by atoms with E-state index in [-0.39, 0.29) is 25.7 Å². The molecule has 0 saturated heterocycles. The molecule has 0 spiro atoms. The number of hydrogen-bond acceptors (Lipinski definition) is 15. The van der Waals surface area contributed by atoms with Gasteiger partial charge in [-0.25, -0.2) is 9.13 Å². The molecule has 19 heteroatoms. The molecular weight excluding hydrogens is 1210 g/mol. The number of ether oxygens (including phenoxy) is 4. The number of phosphoric ester groups is 2. The van der Waals surface area contributed by atoms with Gasteiger partial charge in [-0.05, 0) is 49.4 Å². The van der Waals surface area contributed by atoms with E-state index in [2.05, 4.69) is 55.4 Å². The van der Waals surface area contributed by atoms with Crippen LogP contribution in [0.5, 0.6) is 0 Å². The molecule has 546 valence electrons. The van der Waals surface area contributed by atoms with E-state index >= 15 is 0 Å². The Bertz CT molecular complexity index is 1820. The number of aliphatic hydroxyl groups excluding tert-OH is 1. The summed E-state index contributed by atoms with van der Waals surface area (Å²) in [5.41, 5.74) is 0. The van der Waals surface area contributed by atoms with Gasteiger partial charge in [0, 0.05) is 25.7 Å². The molecule has 0 heterocycles. The van der Waals surface area contributed by atoms with Gasteiger partial charge in [-0.3, -0.25) is 37.3 Å². The Labute approximate surface area is 562 Å². The lowest BCUT2D eigenvalue weighted by Crippen LogP contribution is -2.30. The molecule has 92 heavy (non-hydrogen) atoms. The van der Waals surface area contributed by atoms with Crippen molar-refractivity contribution in [2.45, 2.75) is 382 Å². The number of aliphatic hydroxyl groups is 1. The number of carbonyl (C=O) groups excluding carboxylic acids is 4. The Morgan fingerprint density at radius 1 is 0.304 bits per heavy atom. The third-order valence-electron chi connectivity index (χ3n) is 17.2. The van der Waals surface area contributed by atoms with Crippen LogP contribution >= 0.6 is 15.6 Å². The summed E-state index contributed by atoms with van der Waals surface area (Å²) in [6.07, 6.45) is 45.9. The maximum atomic E-state index is 13.1. The number of rotatable bonds is 70. The van der Waals surface area contributed by atoms with Crippen LogP contribution in [0.1, 0.15) is 364 Å². The second kappa shape index (κ2) is 62.6. The normalized spacial score (nSPS) is 14.5. The zero-order valence-corrected chi connectivity index (χ0v) is 62.0. The second-order valence-electron chi connectivity index (χ2n) is 28.0. The van der Waals surface area contributed by atoms with Gasteiger partial charge in [-0.15, -0.1) is 0 Å². The summed E-state index contributed by atoms with van der Waals surface area (Å²) < 4.78 is 68.4. The van der Waals surface area contributed by atoms with Crippen LogP contribution in [0.25, 0.3) is 0 Å². The molecule has 0 radical (unpaired) electrons. The highest BCUT2D eigenvalue weighted by molar-refractivity contribution is 7.47. The quantitative estimate of drug-likeness (QED) is 0.0222. The van der Waals surface area contributed by atoms with Gasteiger partial charge in [-0.2, -0.15) is 0 Å². The summed E-state index contributed by atoms with van der Waals surface area (Å²) >= 11 is 0. The van der Waals surface area contributed by atoms with E-state index in [9.17, 15) is 43.2 Å². The highest BCUT2D eigenvalue weighted by atomic mass is 31.2. The molecule has 3 unspecified atom stereocenters. The predicted molar refractivity (Wildman–Crippen MR) is 372 cm³/mol. The lowest BCUT2D eigenvalue weighted by molar-refractivity contribution is -0.161.